The molecule has 6 atom stereocenters. The van der Waals surface area contributed by atoms with Gasteiger partial charge in [0.1, 0.15) is 6.04 Å². The number of hydrogen-bond donors (Lipinski definition) is 2. The summed E-state index contributed by atoms with van der Waals surface area (Å²) >= 11 is 1.64. The minimum Gasteiger partial charge on any atom is -0.466 e. The van der Waals surface area contributed by atoms with E-state index in [9.17, 15) is 19.5 Å². The second kappa shape index (κ2) is 9.53. The van der Waals surface area contributed by atoms with Crippen molar-refractivity contribution in [2.45, 2.75) is 80.0 Å². The maximum absolute atomic E-state index is 14.1. The number of likely N-dealkylation sites (tertiary alicyclic amines) is 1. The summed E-state index contributed by atoms with van der Waals surface area (Å²) in [5, 5.41) is 13.7. The third kappa shape index (κ3) is 3.73. The SMILES string of the molecule is CCOC(=O)[C@@H]1[C@H]2C(=O)N([C@H](CO)c3ccccc3)C(C(=O)NC3CCCCC3)C23CC[C@H]1S3. The van der Waals surface area contributed by atoms with Crippen LogP contribution < -0.4 is 5.32 Å². The lowest BCUT2D eigenvalue weighted by Crippen LogP contribution is -2.56. The summed E-state index contributed by atoms with van der Waals surface area (Å²) in [7, 11) is 0. The Hall–Kier alpha value is -2.06. The van der Waals surface area contributed by atoms with Gasteiger partial charge in [0.2, 0.25) is 11.8 Å². The molecule has 34 heavy (non-hydrogen) atoms. The van der Waals surface area contributed by atoms with E-state index < -0.39 is 28.7 Å². The van der Waals surface area contributed by atoms with Gasteiger partial charge in [0.15, 0.2) is 0 Å². The third-order valence-electron chi connectivity index (χ3n) is 8.19. The van der Waals surface area contributed by atoms with Crippen molar-refractivity contribution in [2.75, 3.05) is 13.2 Å². The summed E-state index contributed by atoms with van der Waals surface area (Å²) in [4.78, 5) is 42.6. The van der Waals surface area contributed by atoms with E-state index >= 15 is 0 Å². The Morgan fingerprint density at radius 2 is 1.94 bits per heavy atom. The number of nitrogens with zero attached hydrogens (tertiary/aromatic N) is 1. The fourth-order valence-electron chi connectivity index (χ4n) is 6.79. The van der Waals surface area contributed by atoms with Crippen LogP contribution in [0.15, 0.2) is 30.3 Å². The summed E-state index contributed by atoms with van der Waals surface area (Å²) < 4.78 is 4.72. The largest absolute Gasteiger partial charge is 0.466 e. The van der Waals surface area contributed by atoms with Crippen molar-refractivity contribution in [2.24, 2.45) is 11.8 Å². The molecule has 0 aromatic heterocycles. The number of carbonyl (C=O) groups is 3. The van der Waals surface area contributed by atoms with Gasteiger partial charge >= 0.3 is 5.97 Å². The molecule has 1 aliphatic carbocycles. The minimum absolute atomic E-state index is 0.00978. The Bertz CT molecular complexity index is 936. The highest BCUT2D eigenvalue weighted by atomic mass is 32.2. The van der Waals surface area contributed by atoms with Gasteiger partial charge in [-0.05, 0) is 38.2 Å². The molecule has 4 aliphatic rings. The minimum atomic E-state index is -0.723. The number of aliphatic hydroxyl groups excluding tert-OH is 1. The average molecular weight is 487 g/mol. The van der Waals surface area contributed by atoms with E-state index in [1.807, 2.05) is 30.3 Å². The van der Waals surface area contributed by atoms with Gasteiger partial charge in [-0.2, -0.15) is 0 Å². The lowest BCUT2D eigenvalue weighted by Gasteiger charge is -2.38. The molecule has 1 saturated carbocycles. The number of esters is 1. The van der Waals surface area contributed by atoms with Gasteiger partial charge in [-0.1, -0.05) is 49.6 Å². The van der Waals surface area contributed by atoms with E-state index in [2.05, 4.69) is 5.32 Å². The van der Waals surface area contributed by atoms with E-state index in [1.54, 1.807) is 23.6 Å². The molecule has 1 aromatic carbocycles. The number of nitrogens with one attached hydrogen (secondary N) is 1. The van der Waals surface area contributed by atoms with Crippen LogP contribution >= 0.6 is 11.8 Å². The van der Waals surface area contributed by atoms with Crippen molar-refractivity contribution in [3.63, 3.8) is 0 Å². The smallest absolute Gasteiger partial charge is 0.310 e. The molecule has 1 aromatic rings. The molecule has 0 radical (unpaired) electrons. The third-order valence-corrected chi connectivity index (χ3v) is 10.1. The Labute approximate surface area is 205 Å². The fraction of sp³-hybridized carbons (Fsp3) is 0.654. The summed E-state index contributed by atoms with van der Waals surface area (Å²) in [6.45, 7) is 1.75. The zero-order chi connectivity index (χ0) is 23.9. The number of thioether (sulfide) groups is 1. The number of fused-ring (bicyclic) bond motifs is 1. The van der Waals surface area contributed by atoms with Crippen molar-refractivity contribution in [3.05, 3.63) is 35.9 Å². The zero-order valence-electron chi connectivity index (χ0n) is 19.7. The summed E-state index contributed by atoms with van der Waals surface area (Å²) in [6.07, 6.45) is 6.77. The van der Waals surface area contributed by atoms with Crippen LogP contribution in [0.1, 0.15) is 63.5 Å². The molecule has 184 valence electrons. The van der Waals surface area contributed by atoms with Gasteiger partial charge in [0.25, 0.3) is 0 Å². The van der Waals surface area contributed by atoms with Crippen LogP contribution in [0.5, 0.6) is 0 Å². The molecule has 2 bridgehead atoms. The van der Waals surface area contributed by atoms with E-state index in [0.29, 0.717) is 6.42 Å². The number of carbonyl (C=O) groups excluding carboxylic acids is 3. The first-order valence-corrected chi connectivity index (χ1v) is 13.5. The van der Waals surface area contributed by atoms with Crippen molar-refractivity contribution >= 4 is 29.5 Å². The predicted octanol–water partition coefficient (Wildman–Crippen LogP) is 2.82. The molecule has 3 saturated heterocycles. The highest BCUT2D eigenvalue weighted by Crippen LogP contribution is 2.67. The fourth-order valence-corrected chi connectivity index (χ4v) is 8.98. The highest BCUT2D eigenvalue weighted by molar-refractivity contribution is 8.02. The second-order valence-corrected chi connectivity index (χ2v) is 11.6. The number of aliphatic hydroxyl groups is 1. The van der Waals surface area contributed by atoms with E-state index in [1.165, 1.54) is 6.42 Å². The Morgan fingerprint density at radius 3 is 2.62 bits per heavy atom. The monoisotopic (exact) mass is 486 g/mol. The van der Waals surface area contributed by atoms with Crippen molar-refractivity contribution in [3.8, 4) is 0 Å². The maximum atomic E-state index is 14.1. The number of rotatable bonds is 7. The van der Waals surface area contributed by atoms with Gasteiger partial charge in [0, 0.05) is 11.3 Å². The van der Waals surface area contributed by atoms with E-state index in [4.69, 9.17) is 4.74 Å². The topological polar surface area (TPSA) is 95.9 Å². The van der Waals surface area contributed by atoms with Gasteiger partial charge in [0.05, 0.1) is 35.8 Å². The molecular formula is C26H34N2O5S. The van der Waals surface area contributed by atoms with Crippen molar-refractivity contribution < 1.29 is 24.2 Å². The Kier molecular flexibility index (Phi) is 6.64. The maximum Gasteiger partial charge on any atom is 0.310 e. The van der Waals surface area contributed by atoms with Crippen molar-refractivity contribution in [1.29, 1.82) is 0 Å². The standard InChI is InChI=1S/C26H34N2O5S/c1-2-33-25(32)20-19-13-14-26(34-19)21(20)24(31)28(18(15-29)16-9-5-3-6-10-16)22(26)23(30)27-17-11-7-4-8-12-17/h3,5-6,9-10,17-22,29H,2,4,7-8,11-15H2,1H3,(H,27,30)/t18-,19-,20+,21+,22?,26?/m1/s1. The molecule has 2 N–H and O–H groups in total. The van der Waals surface area contributed by atoms with Crippen LogP contribution in [0.25, 0.3) is 0 Å². The second-order valence-electron chi connectivity index (χ2n) is 10.0. The first kappa shape index (κ1) is 23.7. The first-order valence-electron chi connectivity index (χ1n) is 12.6. The van der Waals surface area contributed by atoms with Gasteiger partial charge in [-0.3, -0.25) is 14.4 Å². The van der Waals surface area contributed by atoms with Crippen LogP contribution in [-0.4, -0.2) is 63.1 Å². The summed E-state index contributed by atoms with van der Waals surface area (Å²) in [5.74, 6) is -1.84. The molecule has 1 spiro atoms. The van der Waals surface area contributed by atoms with Crippen molar-refractivity contribution in [1.82, 2.24) is 10.2 Å². The van der Waals surface area contributed by atoms with Crippen LogP contribution in [-0.2, 0) is 19.1 Å². The average Bonchev–Trinajstić information content (AvgIpc) is 3.49. The molecule has 5 rings (SSSR count). The molecule has 8 heteroatoms. The van der Waals surface area contributed by atoms with Crippen LogP contribution in [0, 0.1) is 11.8 Å². The number of ether oxygens (including phenoxy) is 1. The Morgan fingerprint density at radius 1 is 1.21 bits per heavy atom. The molecule has 2 amide bonds. The lowest BCUT2D eigenvalue weighted by molar-refractivity contribution is -0.154. The zero-order valence-corrected chi connectivity index (χ0v) is 20.5. The normalized spacial score (nSPS) is 33.6. The van der Waals surface area contributed by atoms with Gasteiger partial charge in [-0.25, -0.2) is 0 Å². The predicted molar refractivity (Wildman–Crippen MR) is 129 cm³/mol. The molecular weight excluding hydrogens is 452 g/mol. The van der Waals surface area contributed by atoms with Crippen LogP contribution in [0.3, 0.4) is 0 Å². The molecule has 3 aliphatic heterocycles. The quantitative estimate of drug-likeness (QED) is 0.576. The first-order chi connectivity index (χ1) is 16.5. The lowest BCUT2D eigenvalue weighted by atomic mass is 9.71. The summed E-state index contributed by atoms with van der Waals surface area (Å²) in [6, 6.07) is 8.14. The summed E-state index contributed by atoms with van der Waals surface area (Å²) in [5.41, 5.74) is 0.789. The number of amides is 2. The van der Waals surface area contributed by atoms with E-state index in [0.717, 1.165) is 37.7 Å². The molecule has 3 heterocycles. The highest BCUT2D eigenvalue weighted by Gasteiger charge is 2.74. The molecule has 2 unspecified atom stereocenters. The van der Waals surface area contributed by atoms with Gasteiger partial charge < -0.3 is 20.1 Å². The molecule has 7 nitrogen and oxygen atoms in total. The van der Waals surface area contributed by atoms with Gasteiger partial charge in [-0.15, -0.1) is 11.8 Å². The number of benzene rings is 1. The van der Waals surface area contributed by atoms with E-state index in [-0.39, 0.29) is 42.3 Å². The van der Waals surface area contributed by atoms with Crippen LogP contribution in [0.2, 0.25) is 0 Å². The number of hydrogen-bond acceptors (Lipinski definition) is 6. The molecule has 4 fully saturated rings. The van der Waals surface area contributed by atoms with Crippen LogP contribution in [0.4, 0.5) is 0 Å². The Balaban J connectivity index is 1.54.